The number of carbonyl (C=O) groups is 2. The molecule has 1 atom stereocenters. The fourth-order valence-electron chi connectivity index (χ4n) is 2.07. The van der Waals surface area contributed by atoms with Crippen LogP contribution in [0.4, 0.5) is 14.5 Å². The SMILES string of the molecule is O=C(CN1CCSCC1C(=O)O)Nc1cc(F)cc(F)c1. The lowest BCUT2D eigenvalue weighted by atomic mass is 10.2. The van der Waals surface area contributed by atoms with Crippen LogP contribution in [0, 0.1) is 11.6 Å². The Morgan fingerprint density at radius 1 is 1.33 bits per heavy atom. The zero-order chi connectivity index (χ0) is 15.4. The highest BCUT2D eigenvalue weighted by atomic mass is 32.2. The van der Waals surface area contributed by atoms with Gasteiger partial charge in [-0.25, -0.2) is 8.78 Å². The van der Waals surface area contributed by atoms with Gasteiger partial charge in [0.05, 0.1) is 6.54 Å². The van der Waals surface area contributed by atoms with Crippen LogP contribution in [0.2, 0.25) is 0 Å². The highest BCUT2D eigenvalue weighted by molar-refractivity contribution is 7.99. The second kappa shape index (κ2) is 6.86. The molecule has 1 aromatic carbocycles. The third kappa shape index (κ3) is 4.40. The number of thioether (sulfide) groups is 1. The van der Waals surface area contributed by atoms with Crippen molar-refractivity contribution in [3.05, 3.63) is 29.8 Å². The Labute approximate surface area is 124 Å². The number of carbonyl (C=O) groups excluding carboxylic acids is 1. The summed E-state index contributed by atoms with van der Waals surface area (Å²) in [6.07, 6.45) is 0. The maximum Gasteiger partial charge on any atom is 0.321 e. The highest BCUT2D eigenvalue weighted by Gasteiger charge is 2.30. The van der Waals surface area contributed by atoms with Gasteiger partial charge in [0.25, 0.3) is 0 Å². The molecule has 1 unspecified atom stereocenters. The molecule has 0 bridgehead atoms. The number of nitrogens with zero attached hydrogens (tertiary/aromatic N) is 1. The lowest BCUT2D eigenvalue weighted by Crippen LogP contribution is -2.50. The van der Waals surface area contributed by atoms with Gasteiger partial charge in [0.1, 0.15) is 17.7 Å². The van der Waals surface area contributed by atoms with Gasteiger partial charge in [0.2, 0.25) is 5.91 Å². The Morgan fingerprint density at radius 2 is 2.00 bits per heavy atom. The first-order valence-corrected chi connectivity index (χ1v) is 7.42. The largest absolute Gasteiger partial charge is 0.480 e. The Balaban J connectivity index is 1.98. The van der Waals surface area contributed by atoms with E-state index in [1.165, 1.54) is 11.8 Å². The number of amides is 1. The molecule has 0 radical (unpaired) electrons. The van der Waals surface area contributed by atoms with Crippen molar-refractivity contribution in [2.45, 2.75) is 6.04 Å². The van der Waals surface area contributed by atoms with E-state index in [0.717, 1.165) is 17.9 Å². The summed E-state index contributed by atoms with van der Waals surface area (Å²) in [4.78, 5) is 24.5. The van der Waals surface area contributed by atoms with E-state index >= 15 is 0 Å². The zero-order valence-electron chi connectivity index (χ0n) is 11.0. The van der Waals surface area contributed by atoms with Crippen molar-refractivity contribution in [3.8, 4) is 0 Å². The molecular formula is C13H14F2N2O3S. The summed E-state index contributed by atoms with van der Waals surface area (Å²) < 4.78 is 26.0. The molecule has 2 rings (SSSR count). The van der Waals surface area contributed by atoms with Gasteiger partial charge >= 0.3 is 5.97 Å². The molecule has 114 valence electrons. The average Bonchev–Trinajstić information content (AvgIpc) is 2.37. The highest BCUT2D eigenvalue weighted by Crippen LogP contribution is 2.17. The molecule has 1 aromatic rings. The van der Waals surface area contributed by atoms with Crippen LogP contribution in [-0.2, 0) is 9.59 Å². The minimum Gasteiger partial charge on any atom is -0.480 e. The Bertz CT molecular complexity index is 536. The first-order valence-electron chi connectivity index (χ1n) is 6.26. The zero-order valence-corrected chi connectivity index (χ0v) is 11.8. The monoisotopic (exact) mass is 316 g/mol. The predicted octanol–water partition coefficient (Wildman–Crippen LogP) is 1.41. The number of aliphatic carboxylic acids is 1. The maximum absolute atomic E-state index is 13.0. The standard InChI is InChI=1S/C13H14F2N2O3S/c14-8-3-9(15)5-10(4-8)16-12(18)6-17-1-2-21-7-11(17)13(19)20/h3-5,11H,1-2,6-7H2,(H,16,18)(H,19,20). The lowest BCUT2D eigenvalue weighted by molar-refractivity contribution is -0.142. The average molecular weight is 316 g/mol. The van der Waals surface area contributed by atoms with Crippen LogP contribution in [0.25, 0.3) is 0 Å². The Hall–Kier alpha value is -1.67. The molecule has 21 heavy (non-hydrogen) atoms. The number of benzene rings is 1. The minimum absolute atomic E-state index is 0.00996. The molecule has 1 fully saturated rings. The number of nitrogens with one attached hydrogen (secondary N) is 1. The molecule has 8 heteroatoms. The topological polar surface area (TPSA) is 69.6 Å². The Morgan fingerprint density at radius 3 is 2.62 bits per heavy atom. The molecule has 1 aliphatic rings. The predicted molar refractivity (Wildman–Crippen MR) is 75.3 cm³/mol. The first kappa shape index (κ1) is 15.7. The van der Waals surface area contributed by atoms with Gasteiger partial charge in [-0.15, -0.1) is 0 Å². The van der Waals surface area contributed by atoms with Crippen molar-refractivity contribution in [1.29, 1.82) is 0 Å². The summed E-state index contributed by atoms with van der Waals surface area (Å²) in [6, 6.07) is 1.99. The number of carboxylic acids is 1. The summed E-state index contributed by atoms with van der Waals surface area (Å²) in [5, 5.41) is 11.5. The van der Waals surface area contributed by atoms with Crippen LogP contribution < -0.4 is 5.32 Å². The molecule has 0 spiro atoms. The minimum atomic E-state index is -0.980. The molecule has 2 N–H and O–H groups in total. The number of halogens is 2. The van der Waals surface area contributed by atoms with E-state index < -0.39 is 29.6 Å². The smallest absolute Gasteiger partial charge is 0.321 e. The van der Waals surface area contributed by atoms with Crippen LogP contribution in [0.1, 0.15) is 0 Å². The quantitative estimate of drug-likeness (QED) is 0.879. The fourth-order valence-corrected chi connectivity index (χ4v) is 3.17. The molecule has 0 aromatic heterocycles. The molecule has 0 aliphatic carbocycles. The van der Waals surface area contributed by atoms with Crippen LogP contribution in [0.5, 0.6) is 0 Å². The molecule has 5 nitrogen and oxygen atoms in total. The van der Waals surface area contributed by atoms with E-state index in [1.54, 1.807) is 4.90 Å². The van der Waals surface area contributed by atoms with Crippen molar-refractivity contribution in [2.24, 2.45) is 0 Å². The Kier molecular flexibility index (Phi) is 5.13. The summed E-state index contributed by atoms with van der Waals surface area (Å²) in [5.41, 5.74) is 0.00996. The van der Waals surface area contributed by atoms with Crippen LogP contribution in [0.3, 0.4) is 0 Å². The normalized spacial score (nSPS) is 19.2. The number of carboxylic acid groups (broad SMARTS) is 1. The molecule has 1 aliphatic heterocycles. The van der Waals surface area contributed by atoms with E-state index in [0.29, 0.717) is 18.4 Å². The van der Waals surface area contributed by atoms with Crippen molar-refractivity contribution < 1.29 is 23.5 Å². The number of rotatable bonds is 4. The van der Waals surface area contributed by atoms with Crippen molar-refractivity contribution in [2.75, 3.05) is 29.9 Å². The van der Waals surface area contributed by atoms with Crippen LogP contribution in [-0.4, -0.2) is 52.5 Å². The third-order valence-electron chi connectivity index (χ3n) is 3.02. The number of anilines is 1. The first-order chi connectivity index (χ1) is 9.95. The van der Waals surface area contributed by atoms with Crippen LogP contribution >= 0.6 is 11.8 Å². The molecule has 1 saturated heterocycles. The number of hydrogen-bond donors (Lipinski definition) is 2. The van der Waals surface area contributed by atoms with E-state index in [9.17, 15) is 18.4 Å². The van der Waals surface area contributed by atoms with E-state index in [4.69, 9.17) is 5.11 Å². The second-order valence-electron chi connectivity index (χ2n) is 4.61. The van der Waals surface area contributed by atoms with Gasteiger partial charge in [-0.3, -0.25) is 14.5 Å². The lowest BCUT2D eigenvalue weighted by Gasteiger charge is -2.31. The molecule has 0 saturated carbocycles. The van der Waals surface area contributed by atoms with E-state index in [1.807, 2.05) is 0 Å². The van der Waals surface area contributed by atoms with Crippen molar-refractivity contribution >= 4 is 29.3 Å². The second-order valence-corrected chi connectivity index (χ2v) is 5.76. The summed E-state index contributed by atoms with van der Waals surface area (Å²) in [5.74, 6) is -1.90. The van der Waals surface area contributed by atoms with Gasteiger partial charge in [0, 0.05) is 29.8 Å². The van der Waals surface area contributed by atoms with Crippen molar-refractivity contribution in [3.63, 3.8) is 0 Å². The van der Waals surface area contributed by atoms with Gasteiger partial charge in [-0.05, 0) is 12.1 Å². The van der Waals surface area contributed by atoms with Crippen LogP contribution in [0.15, 0.2) is 18.2 Å². The van der Waals surface area contributed by atoms with Crippen molar-refractivity contribution in [1.82, 2.24) is 4.90 Å². The fraction of sp³-hybridized carbons (Fsp3) is 0.385. The van der Waals surface area contributed by atoms with Gasteiger partial charge < -0.3 is 10.4 Å². The summed E-state index contributed by atoms with van der Waals surface area (Å²) >= 11 is 1.52. The maximum atomic E-state index is 13.0. The van der Waals surface area contributed by atoms with Gasteiger partial charge in [0.15, 0.2) is 0 Å². The third-order valence-corrected chi connectivity index (χ3v) is 4.04. The molecular weight excluding hydrogens is 302 g/mol. The number of hydrogen-bond acceptors (Lipinski definition) is 4. The van der Waals surface area contributed by atoms with E-state index in [-0.39, 0.29) is 12.2 Å². The molecule has 1 heterocycles. The summed E-state index contributed by atoms with van der Waals surface area (Å²) in [7, 11) is 0. The molecule has 1 amide bonds. The van der Waals surface area contributed by atoms with Gasteiger partial charge in [-0.1, -0.05) is 0 Å². The van der Waals surface area contributed by atoms with E-state index in [2.05, 4.69) is 5.32 Å². The van der Waals surface area contributed by atoms with Gasteiger partial charge in [-0.2, -0.15) is 11.8 Å². The summed E-state index contributed by atoms with van der Waals surface area (Å²) in [6.45, 7) is 0.349.